The van der Waals surface area contributed by atoms with Gasteiger partial charge in [0, 0.05) is 13.1 Å². The summed E-state index contributed by atoms with van der Waals surface area (Å²) in [5.74, 6) is 0.326. The highest BCUT2D eigenvalue weighted by Crippen LogP contribution is 2.29. The fourth-order valence-electron chi connectivity index (χ4n) is 3.54. The number of aromatic nitrogens is 1. The lowest BCUT2D eigenvalue weighted by atomic mass is 10.2. The lowest BCUT2D eigenvalue weighted by molar-refractivity contribution is -0.121. The first-order valence-corrected chi connectivity index (χ1v) is 12.4. The largest absolute Gasteiger partial charge is 0.497 e. The van der Waals surface area contributed by atoms with Crippen LogP contribution in [0.4, 0.5) is 0 Å². The molecule has 154 valence electrons. The van der Waals surface area contributed by atoms with Gasteiger partial charge < -0.3 is 9.30 Å². The van der Waals surface area contributed by atoms with Crippen molar-refractivity contribution in [1.82, 2.24) is 8.87 Å². The van der Waals surface area contributed by atoms with Gasteiger partial charge in [0.1, 0.15) is 16.0 Å². The van der Waals surface area contributed by atoms with E-state index in [1.165, 1.54) is 15.6 Å². The maximum absolute atomic E-state index is 13.0. The van der Waals surface area contributed by atoms with E-state index in [1.54, 1.807) is 24.6 Å². The summed E-state index contributed by atoms with van der Waals surface area (Å²) >= 11 is 2.56. The van der Waals surface area contributed by atoms with Gasteiger partial charge in [0.15, 0.2) is 4.80 Å². The number of thiazole rings is 1. The number of amides is 1. The van der Waals surface area contributed by atoms with E-state index in [9.17, 15) is 13.2 Å². The molecule has 1 aromatic carbocycles. The molecule has 2 aromatic heterocycles. The van der Waals surface area contributed by atoms with E-state index in [-0.39, 0.29) is 4.21 Å². The molecule has 0 radical (unpaired) electrons. The highest BCUT2D eigenvalue weighted by atomic mass is 32.2. The van der Waals surface area contributed by atoms with E-state index in [2.05, 4.69) is 4.99 Å². The van der Waals surface area contributed by atoms with Crippen molar-refractivity contribution in [3.63, 3.8) is 0 Å². The molecular weight excluding hydrogens is 430 g/mol. The van der Waals surface area contributed by atoms with Crippen molar-refractivity contribution in [3.05, 3.63) is 40.5 Å². The zero-order chi connectivity index (χ0) is 20.6. The number of hydrogen-bond acceptors (Lipinski definition) is 6. The van der Waals surface area contributed by atoms with Crippen LogP contribution in [0.2, 0.25) is 0 Å². The summed E-state index contributed by atoms with van der Waals surface area (Å²) in [7, 11) is -2.07. The molecule has 1 atom stereocenters. The number of sulfonamides is 1. The average molecular weight is 452 g/mol. The molecular formula is C19H21N3O4S3. The number of carbonyl (C=O) groups is 1. The number of carbonyl (C=O) groups excluding carboxylic acids is 1. The Morgan fingerprint density at radius 1 is 1.34 bits per heavy atom. The Kier molecular flexibility index (Phi) is 5.60. The summed E-state index contributed by atoms with van der Waals surface area (Å²) in [6.07, 6.45) is 1.13. The minimum absolute atomic E-state index is 0.259. The highest BCUT2D eigenvalue weighted by Gasteiger charge is 2.39. The first-order chi connectivity index (χ1) is 14.0. The van der Waals surface area contributed by atoms with Crippen molar-refractivity contribution in [2.75, 3.05) is 13.7 Å². The molecule has 1 aliphatic rings. The molecule has 1 unspecified atom stereocenters. The molecule has 4 rings (SSSR count). The lowest BCUT2D eigenvalue weighted by Gasteiger charge is -2.20. The number of hydrogen-bond donors (Lipinski definition) is 0. The van der Waals surface area contributed by atoms with Crippen LogP contribution in [-0.4, -0.2) is 42.9 Å². The third kappa shape index (κ3) is 3.65. The van der Waals surface area contributed by atoms with Crippen LogP contribution in [0.3, 0.4) is 0 Å². The first-order valence-electron chi connectivity index (χ1n) is 9.27. The highest BCUT2D eigenvalue weighted by molar-refractivity contribution is 7.91. The van der Waals surface area contributed by atoms with E-state index in [4.69, 9.17) is 4.74 Å². The number of benzene rings is 1. The zero-order valence-electron chi connectivity index (χ0n) is 16.1. The SMILES string of the molecule is CCn1c(=NC(=O)C2CCCN2S(=O)(=O)c2cccs2)sc2cc(OC)ccc21. The molecule has 0 bridgehead atoms. The van der Waals surface area contributed by atoms with Gasteiger partial charge >= 0.3 is 0 Å². The Morgan fingerprint density at radius 2 is 2.17 bits per heavy atom. The van der Waals surface area contributed by atoms with Crippen LogP contribution in [0.15, 0.2) is 44.9 Å². The molecule has 3 heterocycles. The average Bonchev–Trinajstić information content (AvgIpc) is 3.46. The second-order valence-corrected chi connectivity index (χ2v) is 10.7. The standard InChI is InChI=1S/C19H21N3O4S3/c1-3-21-14-9-8-13(26-2)12-16(14)28-19(21)20-18(23)15-6-4-10-22(15)29(24,25)17-7-5-11-27-17/h5,7-9,11-12,15H,3-4,6,10H2,1-2H3. The number of nitrogens with zero attached hydrogens (tertiary/aromatic N) is 3. The van der Waals surface area contributed by atoms with Crippen LogP contribution in [0.25, 0.3) is 10.2 Å². The molecule has 1 amide bonds. The Bertz CT molecular complexity index is 1210. The van der Waals surface area contributed by atoms with Crippen LogP contribution in [0.1, 0.15) is 19.8 Å². The zero-order valence-corrected chi connectivity index (χ0v) is 18.5. The summed E-state index contributed by atoms with van der Waals surface area (Å²) in [5, 5.41) is 1.72. The minimum atomic E-state index is -3.68. The van der Waals surface area contributed by atoms with Gasteiger partial charge in [0.25, 0.3) is 15.9 Å². The number of fused-ring (bicyclic) bond motifs is 1. The number of rotatable bonds is 5. The molecule has 0 spiro atoms. The topological polar surface area (TPSA) is 81.0 Å². The van der Waals surface area contributed by atoms with Crippen LogP contribution in [0.5, 0.6) is 5.75 Å². The number of aryl methyl sites for hydroxylation is 1. The maximum atomic E-state index is 13.0. The van der Waals surface area contributed by atoms with Crippen LogP contribution < -0.4 is 9.54 Å². The van der Waals surface area contributed by atoms with E-state index in [0.29, 0.717) is 30.7 Å². The van der Waals surface area contributed by atoms with Crippen molar-refractivity contribution in [2.24, 2.45) is 4.99 Å². The molecule has 0 N–H and O–H groups in total. The number of ether oxygens (including phenoxy) is 1. The fraction of sp³-hybridized carbons (Fsp3) is 0.368. The predicted molar refractivity (Wildman–Crippen MR) is 114 cm³/mol. The van der Waals surface area contributed by atoms with Crippen molar-refractivity contribution in [2.45, 2.75) is 36.6 Å². The monoisotopic (exact) mass is 451 g/mol. The van der Waals surface area contributed by atoms with Crippen LogP contribution >= 0.6 is 22.7 Å². The van der Waals surface area contributed by atoms with Gasteiger partial charge in [-0.05, 0) is 49.4 Å². The van der Waals surface area contributed by atoms with E-state index < -0.39 is 22.0 Å². The Balaban J connectivity index is 1.72. The fourth-order valence-corrected chi connectivity index (χ4v) is 7.44. The third-order valence-corrected chi connectivity index (χ3v) is 9.28. The summed E-state index contributed by atoms with van der Waals surface area (Å²) in [6.45, 7) is 2.98. The predicted octanol–water partition coefficient (Wildman–Crippen LogP) is 3.07. The molecule has 3 aromatic rings. The van der Waals surface area contributed by atoms with Gasteiger partial charge in [-0.15, -0.1) is 11.3 Å². The normalized spacial score (nSPS) is 18.6. The van der Waals surface area contributed by atoms with Gasteiger partial charge in [0.05, 0.1) is 17.3 Å². The van der Waals surface area contributed by atoms with Gasteiger partial charge in [-0.25, -0.2) is 8.42 Å². The smallest absolute Gasteiger partial charge is 0.266 e. The van der Waals surface area contributed by atoms with Crippen LogP contribution in [-0.2, 0) is 21.4 Å². The Labute approximate surface area is 176 Å². The van der Waals surface area contributed by atoms with Gasteiger partial charge in [-0.2, -0.15) is 9.30 Å². The van der Waals surface area contributed by atoms with Gasteiger partial charge in [-0.1, -0.05) is 17.4 Å². The molecule has 1 fully saturated rings. The van der Waals surface area contributed by atoms with Crippen molar-refractivity contribution < 1.29 is 17.9 Å². The Morgan fingerprint density at radius 3 is 2.86 bits per heavy atom. The summed E-state index contributed by atoms with van der Waals surface area (Å²) in [5.41, 5.74) is 0.972. The third-order valence-electron chi connectivity index (χ3n) is 4.96. The van der Waals surface area contributed by atoms with Crippen molar-refractivity contribution in [3.8, 4) is 5.75 Å². The van der Waals surface area contributed by atoms with E-state index >= 15 is 0 Å². The molecule has 1 aliphatic heterocycles. The summed E-state index contributed by atoms with van der Waals surface area (Å²) in [6, 6.07) is 8.25. The number of thiophene rings is 1. The number of methoxy groups -OCH3 is 1. The second-order valence-electron chi connectivity index (χ2n) is 6.62. The van der Waals surface area contributed by atoms with Crippen molar-refractivity contribution >= 4 is 48.8 Å². The van der Waals surface area contributed by atoms with Crippen molar-refractivity contribution in [1.29, 1.82) is 0 Å². The van der Waals surface area contributed by atoms with E-state index in [1.807, 2.05) is 29.7 Å². The summed E-state index contributed by atoms with van der Waals surface area (Å²) < 4.78 is 35.6. The molecule has 0 aliphatic carbocycles. The quantitative estimate of drug-likeness (QED) is 0.597. The van der Waals surface area contributed by atoms with Crippen LogP contribution in [0, 0.1) is 0 Å². The summed E-state index contributed by atoms with van der Waals surface area (Å²) in [4.78, 5) is 17.9. The molecule has 29 heavy (non-hydrogen) atoms. The molecule has 10 heteroatoms. The molecule has 0 saturated carbocycles. The minimum Gasteiger partial charge on any atom is -0.497 e. The van der Waals surface area contributed by atoms with Gasteiger partial charge in [-0.3, -0.25) is 4.79 Å². The Hall–Kier alpha value is -2.01. The maximum Gasteiger partial charge on any atom is 0.266 e. The molecule has 7 nitrogen and oxygen atoms in total. The van der Waals surface area contributed by atoms with E-state index in [0.717, 1.165) is 27.3 Å². The second kappa shape index (κ2) is 8.02. The van der Waals surface area contributed by atoms with Gasteiger partial charge in [0.2, 0.25) is 0 Å². The molecule has 1 saturated heterocycles. The first kappa shape index (κ1) is 20.3. The lowest BCUT2D eigenvalue weighted by Crippen LogP contribution is -2.40.